The zero-order chi connectivity index (χ0) is 11.3. The molecule has 0 atom stereocenters. The minimum absolute atomic E-state index is 0.0738. The molecule has 0 fully saturated rings. The summed E-state index contributed by atoms with van der Waals surface area (Å²) in [5.41, 5.74) is 5.40. The molecule has 0 unspecified atom stereocenters. The van der Waals surface area contributed by atoms with Crippen molar-refractivity contribution in [3.63, 3.8) is 0 Å². The van der Waals surface area contributed by atoms with Gasteiger partial charge in [-0.05, 0) is 6.07 Å². The van der Waals surface area contributed by atoms with Gasteiger partial charge in [0, 0.05) is 6.07 Å². The van der Waals surface area contributed by atoms with Gasteiger partial charge in [0.05, 0.1) is 18.6 Å². The van der Waals surface area contributed by atoms with Gasteiger partial charge in [-0.3, -0.25) is 10.1 Å². The monoisotopic (exact) mass is 206 g/mol. The molecular weight excluding hydrogens is 196 g/mol. The maximum atomic E-state index is 10.7. The van der Waals surface area contributed by atoms with Gasteiger partial charge in [0.1, 0.15) is 11.3 Å². The Hall–Kier alpha value is -2.06. The summed E-state index contributed by atoms with van der Waals surface area (Å²) in [6, 6.07) is 4.54. The lowest BCUT2D eigenvalue weighted by molar-refractivity contribution is -0.385. The van der Waals surface area contributed by atoms with Crippen LogP contribution in [0.5, 0.6) is 5.75 Å². The van der Waals surface area contributed by atoms with E-state index in [1.54, 1.807) is 12.1 Å². The molecule has 1 rings (SSSR count). The van der Waals surface area contributed by atoms with Crippen LogP contribution in [0.1, 0.15) is 5.56 Å². The number of nitrogens with two attached hydrogens (primary N) is 1. The van der Waals surface area contributed by atoms with Gasteiger partial charge < -0.3 is 10.5 Å². The molecule has 0 heterocycles. The van der Waals surface area contributed by atoms with Crippen molar-refractivity contribution in [2.75, 3.05) is 13.7 Å². The average molecular weight is 206 g/mol. The van der Waals surface area contributed by atoms with Gasteiger partial charge in [0.2, 0.25) is 0 Å². The standard InChI is InChI=1S/C10H10N2O3/c1-15-10-6-2-5-9(12(13)14)8(10)4-3-7-11/h2,5-6H,7,11H2,1H3. The highest BCUT2D eigenvalue weighted by atomic mass is 16.6. The summed E-state index contributed by atoms with van der Waals surface area (Å²) in [4.78, 5) is 10.2. The molecule has 0 spiro atoms. The van der Waals surface area contributed by atoms with Gasteiger partial charge in [0.15, 0.2) is 0 Å². The first-order valence-corrected chi connectivity index (χ1v) is 4.21. The predicted octanol–water partition coefficient (Wildman–Crippen LogP) is 0.914. The van der Waals surface area contributed by atoms with E-state index in [9.17, 15) is 10.1 Å². The van der Waals surface area contributed by atoms with Crippen LogP contribution in [-0.2, 0) is 0 Å². The molecule has 2 N–H and O–H groups in total. The summed E-state index contributed by atoms with van der Waals surface area (Å²) >= 11 is 0. The minimum Gasteiger partial charge on any atom is -0.495 e. The number of nitro benzene ring substituents is 1. The van der Waals surface area contributed by atoms with Gasteiger partial charge in [-0.15, -0.1) is 0 Å². The van der Waals surface area contributed by atoms with Crippen LogP contribution >= 0.6 is 0 Å². The normalized spacial score (nSPS) is 8.93. The van der Waals surface area contributed by atoms with Crippen molar-refractivity contribution >= 4 is 5.69 Å². The smallest absolute Gasteiger partial charge is 0.288 e. The van der Waals surface area contributed by atoms with Crippen molar-refractivity contribution in [3.05, 3.63) is 33.9 Å². The van der Waals surface area contributed by atoms with Crippen LogP contribution in [0.3, 0.4) is 0 Å². The molecular formula is C10H10N2O3. The Morgan fingerprint density at radius 2 is 2.33 bits per heavy atom. The molecule has 0 saturated carbocycles. The zero-order valence-corrected chi connectivity index (χ0v) is 8.19. The highest BCUT2D eigenvalue weighted by Gasteiger charge is 2.15. The predicted molar refractivity (Wildman–Crippen MR) is 55.6 cm³/mol. The van der Waals surface area contributed by atoms with E-state index < -0.39 is 4.92 Å². The van der Waals surface area contributed by atoms with E-state index in [2.05, 4.69) is 11.8 Å². The van der Waals surface area contributed by atoms with Crippen molar-refractivity contribution in [2.24, 2.45) is 5.73 Å². The van der Waals surface area contributed by atoms with Crippen LogP contribution < -0.4 is 10.5 Å². The molecule has 1 aromatic carbocycles. The van der Waals surface area contributed by atoms with Crippen LogP contribution in [0.15, 0.2) is 18.2 Å². The van der Waals surface area contributed by atoms with E-state index in [0.29, 0.717) is 5.75 Å². The first-order chi connectivity index (χ1) is 7.20. The lowest BCUT2D eigenvalue weighted by atomic mass is 10.1. The van der Waals surface area contributed by atoms with Gasteiger partial charge in [0.25, 0.3) is 5.69 Å². The van der Waals surface area contributed by atoms with Gasteiger partial charge in [-0.1, -0.05) is 17.9 Å². The van der Waals surface area contributed by atoms with Crippen LogP contribution in [0.25, 0.3) is 0 Å². The quantitative estimate of drug-likeness (QED) is 0.443. The Morgan fingerprint density at radius 1 is 1.60 bits per heavy atom. The van der Waals surface area contributed by atoms with Gasteiger partial charge >= 0.3 is 0 Å². The van der Waals surface area contributed by atoms with E-state index in [-0.39, 0.29) is 17.8 Å². The lowest BCUT2D eigenvalue weighted by Crippen LogP contribution is -1.97. The van der Waals surface area contributed by atoms with Crippen molar-refractivity contribution in [1.82, 2.24) is 0 Å². The Balaban J connectivity index is 3.33. The highest BCUT2D eigenvalue weighted by molar-refractivity contribution is 5.58. The topological polar surface area (TPSA) is 78.4 Å². The van der Waals surface area contributed by atoms with Gasteiger partial charge in [-0.25, -0.2) is 0 Å². The molecule has 78 valence electrons. The molecule has 0 saturated heterocycles. The van der Waals surface area contributed by atoms with E-state index in [1.165, 1.54) is 13.2 Å². The molecule has 0 amide bonds. The third kappa shape index (κ3) is 2.45. The molecule has 1 aromatic rings. The van der Waals surface area contributed by atoms with Crippen molar-refractivity contribution in [1.29, 1.82) is 0 Å². The van der Waals surface area contributed by atoms with Crippen LogP contribution in [0, 0.1) is 22.0 Å². The van der Waals surface area contributed by atoms with Crippen molar-refractivity contribution in [2.45, 2.75) is 0 Å². The fourth-order valence-electron chi connectivity index (χ4n) is 1.11. The number of ether oxygens (including phenoxy) is 1. The van der Waals surface area contributed by atoms with Crippen molar-refractivity contribution < 1.29 is 9.66 Å². The second kappa shape index (κ2) is 4.98. The van der Waals surface area contributed by atoms with E-state index >= 15 is 0 Å². The van der Waals surface area contributed by atoms with Crippen molar-refractivity contribution in [3.8, 4) is 17.6 Å². The Kier molecular flexibility index (Phi) is 3.66. The number of nitro groups is 1. The second-order valence-electron chi connectivity index (χ2n) is 2.62. The number of benzene rings is 1. The van der Waals surface area contributed by atoms with Crippen LogP contribution in [0.2, 0.25) is 0 Å². The fourth-order valence-corrected chi connectivity index (χ4v) is 1.11. The maximum Gasteiger partial charge on any atom is 0.288 e. The molecule has 5 nitrogen and oxygen atoms in total. The first kappa shape index (κ1) is 11.0. The average Bonchev–Trinajstić information content (AvgIpc) is 2.25. The number of hydrogen-bond donors (Lipinski definition) is 1. The Labute approximate surface area is 87.0 Å². The fraction of sp³-hybridized carbons (Fsp3) is 0.200. The lowest BCUT2D eigenvalue weighted by Gasteiger charge is -2.02. The third-order valence-electron chi connectivity index (χ3n) is 1.74. The summed E-state index contributed by atoms with van der Waals surface area (Å²) in [5.74, 6) is 5.58. The molecule has 0 aliphatic rings. The summed E-state index contributed by atoms with van der Waals surface area (Å²) in [6.45, 7) is 0.148. The number of rotatable bonds is 2. The van der Waals surface area contributed by atoms with Crippen LogP contribution in [0.4, 0.5) is 5.69 Å². The summed E-state index contributed by atoms with van der Waals surface area (Å²) in [7, 11) is 1.44. The van der Waals surface area contributed by atoms with Gasteiger partial charge in [-0.2, -0.15) is 0 Å². The molecule has 0 aromatic heterocycles. The third-order valence-corrected chi connectivity index (χ3v) is 1.74. The Bertz CT molecular complexity index is 432. The SMILES string of the molecule is COc1cccc([N+](=O)[O-])c1C#CCN. The first-order valence-electron chi connectivity index (χ1n) is 4.21. The number of hydrogen-bond acceptors (Lipinski definition) is 4. The summed E-state index contributed by atoms with van der Waals surface area (Å²) in [6.07, 6.45) is 0. The van der Waals surface area contributed by atoms with Crippen LogP contribution in [-0.4, -0.2) is 18.6 Å². The zero-order valence-electron chi connectivity index (χ0n) is 8.19. The van der Waals surface area contributed by atoms with E-state index in [1.807, 2.05) is 0 Å². The summed E-state index contributed by atoms with van der Waals surface area (Å²) < 4.78 is 4.99. The number of methoxy groups -OCH3 is 1. The van der Waals surface area contributed by atoms with E-state index in [0.717, 1.165) is 0 Å². The molecule has 0 radical (unpaired) electrons. The maximum absolute atomic E-state index is 10.7. The molecule has 0 aliphatic carbocycles. The molecule has 15 heavy (non-hydrogen) atoms. The largest absolute Gasteiger partial charge is 0.495 e. The Morgan fingerprint density at radius 3 is 2.87 bits per heavy atom. The highest BCUT2D eigenvalue weighted by Crippen LogP contribution is 2.26. The van der Waals surface area contributed by atoms with E-state index in [4.69, 9.17) is 10.5 Å². The molecule has 5 heteroatoms. The summed E-state index contributed by atoms with van der Waals surface area (Å²) in [5, 5.41) is 10.7. The molecule has 0 bridgehead atoms. The number of nitrogens with zero attached hydrogens (tertiary/aromatic N) is 1. The second-order valence-corrected chi connectivity index (χ2v) is 2.62. The minimum atomic E-state index is -0.497. The molecule has 0 aliphatic heterocycles.